The molecule has 1 aliphatic rings. The Balaban J connectivity index is 1.83. The van der Waals surface area contributed by atoms with E-state index in [-0.39, 0.29) is 18.6 Å². The van der Waals surface area contributed by atoms with Crippen molar-refractivity contribution in [3.8, 4) is 0 Å². The van der Waals surface area contributed by atoms with E-state index >= 15 is 0 Å². The highest BCUT2D eigenvalue weighted by Gasteiger charge is 2.33. The number of hydrogen-bond acceptors (Lipinski definition) is 5. The fraction of sp³-hybridized carbons (Fsp3) is 0.500. The average molecular weight is 327 g/mol. The molecule has 1 unspecified atom stereocenters. The lowest BCUT2D eigenvalue weighted by Gasteiger charge is -2.24. The van der Waals surface area contributed by atoms with E-state index in [9.17, 15) is 13.2 Å². The molecule has 6 nitrogen and oxygen atoms in total. The monoisotopic (exact) mass is 327 g/mol. The molecule has 1 aliphatic carbocycles. The van der Waals surface area contributed by atoms with Crippen molar-refractivity contribution in [2.45, 2.75) is 38.0 Å². The summed E-state index contributed by atoms with van der Waals surface area (Å²) < 4.78 is 39.9. The van der Waals surface area contributed by atoms with Gasteiger partial charge in [-0.1, -0.05) is 0 Å². The lowest BCUT2D eigenvalue weighted by Crippen LogP contribution is -2.20. The molecule has 0 saturated carbocycles. The predicted octanol–water partition coefficient (Wildman–Crippen LogP) is 2.17. The van der Waals surface area contributed by atoms with Gasteiger partial charge in [0.1, 0.15) is 5.69 Å². The fourth-order valence-corrected chi connectivity index (χ4v) is 2.80. The Hall–Kier alpha value is -2.16. The van der Waals surface area contributed by atoms with E-state index in [4.69, 9.17) is 5.11 Å². The summed E-state index contributed by atoms with van der Waals surface area (Å²) >= 11 is 0. The summed E-state index contributed by atoms with van der Waals surface area (Å²) in [5, 5.41) is 16.2. The van der Waals surface area contributed by atoms with Crippen molar-refractivity contribution in [3.05, 3.63) is 35.4 Å². The largest absolute Gasteiger partial charge is 0.433 e. The van der Waals surface area contributed by atoms with E-state index in [0.29, 0.717) is 6.54 Å². The van der Waals surface area contributed by atoms with Crippen molar-refractivity contribution in [2.24, 2.45) is 0 Å². The van der Waals surface area contributed by atoms with Crippen molar-refractivity contribution in [3.63, 3.8) is 0 Å². The maximum absolute atomic E-state index is 12.7. The van der Waals surface area contributed by atoms with Crippen LogP contribution in [0.4, 0.5) is 19.1 Å². The molecule has 0 amide bonds. The van der Waals surface area contributed by atoms with E-state index in [1.807, 2.05) is 0 Å². The lowest BCUT2D eigenvalue weighted by atomic mass is 9.93. The van der Waals surface area contributed by atoms with E-state index < -0.39 is 11.9 Å². The predicted molar refractivity (Wildman–Crippen MR) is 75.6 cm³/mol. The van der Waals surface area contributed by atoms with Gasteiger partial charge in [-0.3, -0.25) is 4.68 Å². The SMILES string of the molecule is OCCn1ncc2c1CCCC2Nc1nccc(C(F)(F)F)n1. The number of fused-ring (bicyclic) bond motifs is 1. The second-order valence-electron chi connectivity index (χ2n) is 5.35. The van der Waals surface area contributed by atoms with Crippen LogP contribution in [0.2, 0.25) is 0 Å². The summed E-state index contributed by atoms with van der Waals surface area (Å²) in [4.78, 5) is 7.41. The van der Waals surface area contributed by atoms with Gasteiger partial charge in [-0.15, -0.1) is 0 Å². The van der Waals surface area contributed by atoms with Gasteiger partial charge in [0.05, 0.1) is 25.4 Å². The summed E-state index contributed by atoms with van der Waals surface area (Å²) in [5.41, 5.74) is 0.947. The van der Waals surface area contributed by atoms with Crippen LogP contribution in [0.3, 0.4) is 0 Å². The Morgan fingerprint density at radius 1 is 1.39 bits per heavy atom. The molecule has 0 aromatic carbocycles. The first-order chi connectivity index (χ1) is 11.0. The summed E-state index contributed by atoms with van der Waals surface area (Å²) in [7, 11) is 0. The number of nitrogens with one attached hydrogen (secondary N) is 1. The van der Waals surface area contributed by atoms with E-state index in [2.05, 4.69) is 20.4 Å². The number of aromatic nitrogens is 4. The third kappa shape index (κ3) is 3.29. The van der Waals surface area contributed by atoms with Crippen LogP contribution < -0.4 is 5.32 Å². The highest BCUT2D eigenvalue weighted by Crippen LogP contribution is 2.32. The molecule has 2 aromatic rings. The third-order valence-corrected chi connectivity index (χ3v) is 3.82. The minimum Gasteiger partial charge on any atom is -0.394 e. The Bertz CT molecular complexity index is 685. The van der Waals surface area contributed by atoms with Crippen molar-refractivity contribution in [2.75, 3.05) is 11.9 Å². The topological polar surface area (TPSA) is 75.9 Å². The lowest BCUT2D eigenvalue weighted by molar-refractivity contribution is -0.141. The number of anilines is 1. The zero-order valence-corrected chi connectivity index (χ0v) is 12.2. The standard InChI is InChI=1S/C14H16F3N5O/c15-14(16,17)12-4-5-18-13(21-12)20-10-2-1-3-11-9(10)8-19-22(11)6-7-23/h4-5,8,10,23H,1-3,6-7H2,(H,18,20,21). The van der Waals surface area contributed by atoms with Gasteiger partial charge < -0.3 is 10.4 Å². The van der Waals surface area contributed by atoms with E-state index in [0.717, 1.165) is 42.8 Å². The van der Waals surface area contributed by atoms with E-state index in [1.54, 1.807) is 10.9 Å². The molecular formula is C14H16F3N5O. The van der Waals surface area contributed by atoms with Crippen LogP contribution in [0, 0.1) is 0 Å². The van der Waals surface area contributed by atoms with Crippen LogP contribution in [0.25, 0.3) is 0 Å². The van der Waals surface area contributed by atoms with Crippen LogP contribution in [0.5, 0.6) is 0 Å². The molecule has 0 radical (unpaired) electrons. The second kappa shape index (κ2) is 6.15. The van der Waals surface area contributed by atoms with Crippen molar-refractivity contribution < 1.29 is 18.3 Å². The summed E-state index contributed by atoms with van der Waals surface area (Å²) in [5.74, 6) is -0.0485. The van der Waals surface area contributed by atoms with Gasteiger partial charge >= 0.3 is 6.18 Å². The Morgan fingerprint density at radius 3 is 2.96 bits per heavy atom. The molecule has 9 heteroatoms. The second-order valence-corrected chi connectivity index (χ2v) is 5.35. The molecular weight excluding hydrogens is 311 g/mol. The van der Waals surface area contributed by atoms with Crippen LogP contribution in [0.1, 0.15) is 35.8 Å². The molecule has 2 aromatic heterocycles. The maximum atomic E-state index is 12.7. The Labute approximate surface area is 130 Å². The summed E-state index contributed by atoms with van der Waals surface area (Å²) in [6, 6.07) is 0.659. The fourth-order valence-electron chi connectivity index (χ4n) is 2.80. The zero-order chi connectivity index (χ0) is 16.4. The molecule has 0 spiro atoms. The Kier molecular flexibility index (Phi) is 4.20. The number of hydrogen-bond donors (Lipinski definition) is 2. The number of alkyl halides is 3. The van der Waals surface area contributed by atoms with Gasteiger partial charge in [-0.05, 0) is 25.3 Å². The molecule has 23 heavy (non-hydrogen) atoms. The molecule has 0 saturated heterocycles. The molecule has 0 aliphatic heterocycles. The quantitative estimate of drug-likeness (QED) is 0.900. The Morgan fingerprint density at radius 2 is 2.22 bits per heavy atom. The minimum absolute atomic E-state index is 0.0110. The molecule has 124 valence electrons. The minimum atomic E-state index is -4.50. The average Bonchev–Trinajstić information content (AvgIpc) is 2.92. The number of halogens is 3. The van der Waals surface area contributed by atoms with Gasteiger partial charge in [0.2, 0.25) is 5.95 Å². The molecule has 2 heterocycles. The van der Waals surface area contributed by atoms with E-state index in [1.165, 1.54) is 0 Å². The zero-order valence-electron chi connectivity index (χ0n) is 12.2. The first-order valence-corrected chi connectivity index (χ1v) is 7.31. The molecule has 2 N–H and O–H groups in total. The summed E-state index contributed by atoms with van der Waals surface area (Å²) in [6.07, 6.45) is 0.755. The molecule has 0 bridgehead atoms. The van der Waals surface area contributed by atoms with Crippen LogP contribution in [-0.2, 0) is 19.1 Å². The molecule has 1 atom stereocenters. The smallest absolute Gasteiger partial charge is 0.394 e. The number of aliphatic hydroxyl groups is 1. The molecule has 0 fully saturated rings. The van der Waals surface area contributed by atoms with Crippen molar-refractivity contribution >= 4 is 5.95 Å². The number of nitrogens with zero attached hydrogens (tertiary/aromatic N) is 4. The number of rotatable bonds is 4. The van der Waals surface area contributed by atoms with Crippen molar-refractivity contribution in [1.82, 2.24) is 19.7 Å². The summed E-state index contributed by atoms with van der Waals surface area (Å²) in [6.45, 7) is 0.394. The third-order valence-electron chi connectivity index (χ3n) is 3.82. The van der Waals surface area contributed by atoms with Gasteiger partial charge in [0.15, 0.2) is 0 Å². The highest BCUT2D eigenvalue weighted by molar-refractivity contribution is 5.35. The van der Waals surface area contributed by atoms with Crippen LogP contribution in [0.15, 0.2) is 18.5 Å². The van der Waals surface area contributed by atoms with Gasteiger partial charge in [-0.2, -0.15) is 18.3 Å². The highest BCUT2D eigenvalue weighted by atomic mass is 19.4. The van der Waals surface area contributed by atoms with Gasteiger partial charge in [0.25, 0.3) is 0 Å². The number of aliphatic hydroxyl groups excluding tert-OH is 1. The normalized spacial score (nSPS) is 17.8. The van der Waals surface area contributed by atoms with Gasteiger partial charge in [0, 0.05) is 17.5 Å². The van der Waals surface area contributed by atoms with Gasteiger partial charge in [-0.25, -0.2) is 9.97 Å². The maximum Gasteiger partial charge on any atom is 0.433 e. The van der Waals surface area contributed by atoms with Crippen molar-refractivity contribution in [1.29, 1.82) is 0 Å². The van der Waals surface area contributed by atoms with Crippen LogP contribution in [-0.4, -0.2) is 31.5 Å². The van der Waals surface area contributed by atoms with Crippen LogP contribution >= 0.6 is 0 Å². The molecule has 3 rings (SSSR count). The first kappa shape index (κ1) is 15.7. The first-order valence-electron chi connectivity index (χ1n) is 7.31.